The molecule has 0 spiro atoms. The maximum Gasteiger partial charge on any atom is 0.244 e. The molecule has 33 heavy (non-hydrogen) atoms. The first kappa shape index (κ1) is 25.0. The Morgan fingerprint density at radius 2 is 1.42 bits per heavy atom. The molecule has 5 nitrogen and oxygen atoms in total. The van der Waals surface area contributed by atoms with Gasteiger partial charge >= 0.3 is 0 Å². The fourth-order valence-corrected chi connectivity index (χ4v) is 5.66. The highest BCUT2D eigenvalue weighted by Gasteiger charge is 2.30. The molecule has 0 radical (unpaired) electrons. The van der Waals surface area contributed by atoms with E-state index >= 15 is 0 Å². The summed E-state index contributed by atoms with van der Waals surface area (Å²) < 4.78 is 27.0. The zero-order chi connectivity index (χ0) is 23.9. The standard InChI is InChI=1S/C26H29NO4S2/c1-26(2,3)31-27-25(28)19-24(18-20-10-6-4-7-11-20)33(29,30)23-16-14-22(15-17-23)32-21-12-8-5-9-13-21/h4-17,24H,18-19H2,1-3H3,(H,27,28). The molecule has 0 saturated heterocycles. The highest BCUT2D eigenvalue weighted by atomic mass is 32.2. The zero-order valence-corrected chi connectivity index (χ0v) is 20.7. The first-order valence-corrected chi connectivity index (χ1v) is 13.1. The van der Waals surface area contributed by atoms with E-state index in [2.05, 4.69) is 5.48 Å². The molecular formula is C26H29NO4S2. The average Bonchev–Trinajstić information content (AvgIpc) is 2.78. The first-order valence-electron chi connectivity index (χ1n) is 10.7. The number of benzene rings is 3. The summed E-state index contributed by atoms with van der Waals surface area (Å²) in [5.74, 6) is -0.467. The van der Waals surface area contributed by atoms with Crippen molar-refractivity contribution in [2.45, 2.75) is 59.2 Å². The van der Waals surface area contributed by atoms with Crippen LogP contribution < -0.4 is 5.48 Å². The van der Waals surface area contributed by atoms with Crippen molar-refractivity contribution in [3.63, 3.8) is 0 Å². The van der Waals surface area contributed by atoms with Gasteiger partial charge in [-0.3, -0.25) is 9.63 Å². The summed E-state index contributed by atoms with van der Waals surface area (Å²) in [6, 6.07) is 26.0. The second-order valence-electron chi connectivity index (χ2n) is 8.69. The van der Waals surface area contributed by atoms with E-state index in [1.807, 2.05) is 60.7 Å². The summed E-state index contributed by atoms with van der Waals surface area (Å²) >= 11 is 1.56. The summed E-state index contributed by atoms with van der Waals surface area (Å²) in [5.41, 5.74) is 2.67. The van der Waals surface area contributed by atoms with Gasteiger partial charge in [0.1, 0.15) is 0 Å². The summed E-state index contributed by atoms with van der Waals surface area (Å²) in [4.78, 5) is 20.1. The minimum absolute atomic E-state index is 0.199. The van der Waals surface area contributed by atoms with Crippen LogP contribution in [0.2, 0.25) is 0 Å². The van der Waals surface area contributed by atoms with E-state index in [-0.39, 0.29) is 17.7 Å². The van der Waals surface area contributed by atoms with Crippen molar-refractivity contribution < 1.29 is 18.0 Å². The van der Waals surface area contributed by atoms with Gasteiger partial charge in [-0.1, -0.05) is 60.3 Å². The van der Waals surface area contributed by atoms with E-state index in [4.69, 9.17) is 4.84 Å². The van der Waals surface area contributed by atoms with Crippen molar-refractivity contribution in [3.05, 3.63) is 90.5 Å². The van der Waals surface area contributed by atoms with Crippen molar-refractivity contribution in [3.8, 4) is 0 Å². The molecule has 3 aromatic rings. The van der Waals surface area contributed by atoms with Crippen molar-refractivity contribution >= 4 is 27.5 Å². The Labute approximate surface area is 200 Å². The van der Waals surface area contributed by atoms with Gasteiger partial charge in [0.15, 0.2) is 9.84 Å². The molecule has 7 heteroatoms. The number of sulfone groups is 1. The van der Waals surface area contributed by atoms with E-state index in [9.17, 15) is 13.2 Å². The van der Waals surface area contributed by atoms with Gasteiger partial charge in [0.05, 0.1) is 15.7 Å². The van der Waals surface area contributed by atoms with Gasteiger partial charge in [-0.15, -0.1) is 0 Å². The quantitative estimate of drug-likeness (QED) is 0.409. The molecule has 1 atom stereocenters. The molecule has 0 heterocycles. The normalized spacial score (nSPS) is 12.8. The molecule has 174 valence electrons. The summed E-state index contributed by atoms with van der Waals surface area (Å²) in [6.07, 6.45) is 0.0282. The minimum Gasteiger partial charge on any atom is -0.273 e. The Kier molecular flexibility index (Phi) is 8.35. The number of carbonyl (C=O) groups is 1. The first-order chi connectivity index (χ1) is 15.6. The number of rotatable bonds is 9. The lowest BCUT2D eigenvalue weighted by atomic mass is 10.1. The van der Waals surface area contributed by atoms with Crippen LogP contribution in [-0.4, -0.2) is 25.2 Å². The highest BCUT2D eigenvalue weighted by Crippen LogP contribution is 2.29. The number of nitrogens with one attached hydrogen (secondary N) is 1. The van der Waals surface area contributed by atoms with Crippen LogP contribution in [0.25, 0.3) is 0 Å². The Balaban J connectivity index is 1.80. The van der Waals surface area contributed by atoms with Crippen LogP contribution >= 0.6 is 11.8 Å². The fraction of sp³-hybridized carbons (Fsp3) is 0.269. The van der Waals surface area contributed by atoms with Crippen LogP contribution in [-0.2, 0) is 25.9 Å². The van der Waals surface area contributed by atoms with Crippen LogP contribution in [0.15, 0.2) is 99.6 Å². The topological polar surface area (TPSA) is 72.5 Å². The number of hydroxylamine groups is 1. The maximum atomic E-state index is 13.5. The second kappa shape index (κ2) is 11.0. The van der Waals surface area contributed by atoms with Gasteiger partial charge < -0.3 is 0 Å². The van der Waals surface area contributed by atoms with Gasteiger partial charge in [-0.2, -0.15) is 0 Å². The fourth-order valence-electron chi connectivity index (χ4n) is 3.14. The van der Waals surface area contributed by atoms with E-state index in [0.29, 0.717) is 0 Å². The lowest BCUT2D eigenvalue weighted by Crippen LogP contribution is -2.37. The Bertz CT molecular complexity index is 1140. The van der Waals surface area contributed by atoms with Crippen LogP contribution in [0.3, 0.4) is 0 Å². The molecule has 3 rings (SSSR count). The van der Waals surface area contributed by atoms with Crippen LogP contribution in [0.4, 0.5) is 0 Å². The lowest BCUT2D eigenvalue weighted by Gasteiger charge is -2.21. The van der Waals surface area contributed by atoms with Crippen molar-refractivity contribution in [2.75, 3.05) is 0 Å². The molecule has 0 aliphatic carbocycles. The number of hydrogen-bond acceptors (Lipinski definition) is 5. The minimum atomic E-state index is -3.76. The van der Waals surface area contributed by atoms with Crippen LogP contribution in [0, 0.1) is 0 Å². The molecule has 1 unspecified atom stereocenters. The van der Waals surface area contributed by atoms with Crippen LogP contribution in [0.1, 0.15) is 32.8 Å². The average molecular weight is 484 g/mol. The van der Waals surface area contributed by atoms with E-state index in [1.54, 1.807) is 56.8 Å². The highest BCUT2D eigenvalue weighted by molar-refractivity contribution is 7.99. The predicted molar refractivity (Wildman–Crippen MR) is 132 cm³/mol. The molecule has 1 amide bonds. The lowest BCUT2D eigenvalue weighted by molar-refractivity contribution is -0.145. The maximum absolute atomic E-state index is 13.5. The smallest absolute Gasteiger partial charge is 0.244 e. The van der Waals surface area contributed by atoms with Gasteiger partial charge in [-0.25, -0.2) is 13.9 Å². The SMILES string of the molecule is CC(C)(C)ONC(=O)CC(Cc1ccccc1)S(=O)(=O)c1ccc(Sc2ccccc2)cc1. The molecule has 0 aliphatic heterocycles. The summed E-state index contributed by atoms with van der Waals surface area (Å²) in [6.45, 7) is 5.42. The van der Waals surface area contributed by atoms with Gasteiger partial charge in [0, 0.05) is 16.2 Å². The zero-order valence-electron chi connectivity index (χ0n) is 19.0. The molecule has 0 bridgehead atoms. The van der Waals surface area contributed by atoms with Crippen molar-refractivity contribution in [1.29, 1.82) is 0 Å². The third-order valence-electron chi connectivity index (χ3n) is 4.76. The molecule has 1 N–H and O–H groups in total. The van der Waals surface area contributed by atoms with Gasteiger partial charge in [0.25, 0.3) is 0 Å². The summed E-state index contributed by atoms with van der Waals surface area (Å²) in [7, 11) is -3.76. The van der Waals surface area contributed by atoms with E-state index in [1.165, 1.54) is 0 Å². The number of hydrogen-bond donors (Lipinski definition) is 1. The monoisotopic (exact) mass is 483 g/mol. The Hall–Kier alpha value is -2.61. The molecule has 0 aromatic heterocycles. The van der Waals surface area contributed by atoms with E-state index in [0.717, 1.165) is 15.4 Å². The van der Waals surface area contributed by atoms with Crippen molar-refractivity contribution in [2.24, 2.45) is 0 Å². The molecular weight excluding hydrogens is 454 g/mol. The molecule has 0 fully saturated rings. The van der Waals surface area contributed by atoms with Crippen molar-refractivity contribution in [1.82, 2.24) is 5.48 Å². The second-order valence-corrected chi connectivity index (χ2v) is 12.1. The molecule has 3 aromatic carbocycles. The van der Waals surface area contributed by atoms with Gasteiger partial charge in [-0.05, 0) is 69.2 Å². The van der Waals surface area contributed by atoms with E-state index < -0.39 is 26.6 Å². The number of carbonyl (C=O) groups excluding carboxylic acids is 1. The number of amides is 1. The third-order valence-corrected chi connectivity index (χ3v) is 7.92. The summed E-state index contributed by atoms with van der Waals surface area (Å²) in [5, 5.41) is -0.920. The van der Waals surface area contributed by atoms with Gasteiger partial charge in [0.2, 0.25) is 5.91 Å². The molecule has 0 saturated carbocycles. The Morgan fingerprint density at radius 3 is 2.00 bits per heavy atom. The predicted octanol–water partition coefficient (Wildman–Crippen LogP) is 5.46. The largest absolute Gasteiger partial charge is 0.273 e. The Morgan fingerprint density at radius 1 is 0.879 bits per heavy atom. The third kappa shape index (κ3) is 7.74. The molecule has 0 aliphatic rings. The van der Waals surface area contributed by atoms with Crippen LogP contribution in [0.5, 0.6) is 0 Å².